The zero-order chi connectivity index (χ0) is 16.9. The second-order valence-electron chi connectivity index (χ2n) is 6.03. The van der Waals surface area contributed by atoms with Crippen molar-refractivity contribution in [3.63, 3.8) is 0 Å². The van der Waals surface area contributed by atoms with Gasteiger partial charge < -0.3 is 14.6 Å². The van der Waals surface area contributed by atoms with Crippen LogP contribution in [0.25, 0.3) is 11.3 Å². The molecule has 126 valence electrons. The normalized spacial score (nSPS) is 17.7. The van der Waals surface area contributed by atoms with Crippen LogP contribution in [-0.2, 0) is 4.74 Å². The van der Waals surface area contributed by atoms with E-state index in [0.29, 0.717) is 31.0 Å². The molecule has 1 fully saturated rings. The number of aromatic amines is 1. The highest BCUT2D eigenvalue weighted by Crippen LogP contribution is 2.21. The monoisotopic (exact) mass is 326 g/mol. The van der Waals surface area contributed by atoms with Crippen LogP contribution in [0.1, 0.15) is 30.1 Å². The fourth-order valence-electron chi connectivity index (χ4n) is 3.10. The van der Waals surface area contributed by atoms with Crippen LogP contribution in [0.4, 0.5) is 0 Å². The number of hydrogen-bond donors (Lipinski definition) is 1. The predicted molar refractivity (Wildman–Crippen MR) is 93.1 cm³/mol. The van der Waals surface area contributed by atoms with E-state index in [1.165, 1.54) is 6.07 Å². The third-order valence-corrected chi connectivity index (χ3v) is 4.30. The second kappa shape index (κ2) is 7.45. The summed E-state index contributed by atoms with van der Waals surface area (Å²) < 4.78 is 5.52. The fraction of sp³-hybridized carbons (Fsp3) is 0.368. The molecule has 0 spiro atoms. The minimum atomic E-state index is -0.152. The lowest BCUT2D eigenvalue weighted by Gasteiger charge is -2.35. The molecule has 5 heteroatoms. The maximum Gasteiger partial charge on any atom is 0.254 e. The molecule has 5 nitrogen and oxygen atoms in total. The highest BCUT2D eigenvalue weighted by Gasteiger charge is 2.27. The van der Waals surface area contributed by atoms with Crippen LogP contribution in [0.3, 0.4) is 0 Å². The van der Waals surface area contributed by atoms with E-state index < -0.39 is 0 Å². The number of H-pyrrole nitrogens is 1. The summed E-state index contributed by atoms with van der Waals surface area (Å²) in [6, 6.07) is 12.6. The summed E-state index contributed by atoms with van der Waals surface area (Å²) in [5.74, 6) is 0.0249. The van der Waals surface area contributed by atoms with Crippen molar-refractivity contribution >= 4 is 5.91 Å². The molecule has 1 atom stereocenters. The molecule has 1 aliphatic heterocycles. The van der Waals surface area contributed by atoms with Crippen LogP contribution in [0.15, 0.2) is 47.3 Å². The highest BCUT2D eigenvalue weighted by atomic mass is 16.5. The summed E-state index contributed by atoms with van der Waals surface area (Å²) in [4.78, 5) is 29.1. The number of nitrogens with zero attached hydrogens (tertiary/aromatic N) is 1. The quantitative estimate of drug-likeness (QED) is 0.939. The first-order chi connectivity index (χ1) is 11.7. The van der Waals surface area contributed by atoms with Gasteiger partial charge in [0.1, 0.15) is 0 Å². The molecular weight excluding hydrogens is 304 g/mol. The summed E-state index contributed by atoms with van der Waals surface area (Å²) in [7, 11) is 0. The lowest BCUT2D eigenvalue weighted by molar-refractivity contribution is -0.00433. The van der Waals surface area contributed by atoms with Crippen LogP contribution in [0, 0.1) is 0 Å². The van der Waals surface area contributed by atoms with Crippen molar-refractivity contribution in [2.45, 2.75) is 25.8 Å². The van der Waals surface area contributed by atoms with Crippen molar-refractivity contribution in [2.75, 3.05) is 19.8 Å². The largest absolute Gasteiger partial charge is 0.377 e. The Morgan fingerprint density at radius 1 is 1.29 bits per heavy atom. The Hall–Kier alpha value is -2.40. The van der Waals surface area contributed by atoms with Crippen molar-refractivity contribution in [3.05, 3.63) is 58.4 Å². The third-order valence-electron chi connectivity index (χ3n) is 4.30. The van der Waals surface area contributed by atoms with Gasteiger partial charge in [-0.2, -0.15) is 0 Å². The number of pyridine rings is 1. The molecule has 0 aliphatic carbocycles. The maximum absolute atomic E-state index is 12.9. The minimum Gasteiger partial charge on any atom is -0.377 e. The number of amides is 1. The van der Waals surface area contributed by atoms with Crippen LogP contribution < -0.4 is 5.56 Å². The first-order valence-corrected chi connectivity index (χ1v) is 8.37. The van der Waals surface area contributed by atoms with E-state index in [-0.39, 0.29) is 17.5 Å². The standard InChI is InChI=1S/C19H22N2O3/c1-2-5-16-13-24-11-10-21(16)19(23)15-7-3-6-14(12-15)17-8-4-9-18(22)20-17/h3-4,6-9,12,16H,2,5,10-11,13H2,1H3,(H,20,22)/t16-/m0/s1. The molecule has 1 aromatic carbocycles. The molecule has 1 aromatic heterocycles. The van der Waals surface area contributed by atoms with Gasteiger partial charge in [0.15, 0.2) is 0 Å². The first kappa shape index (κ1) is 16.5. The van der Waals surface area contributed by atoms with Crippen LogP contribution in [-0.4, -0.2) is 41.6 Å². The number of ether oxygens (including phenoxy) is 1. The van der Waals surface area contributed by atoms with Crippen molar-refractivity contribution in [3.8, 4) is 11.3 Å². The van der Waals surface area contributed by atoms with Crippen molar-refractivity contribution in [1.82, 2.24) is 9.88 Å². The van der Waals surface area contributed by atoms with Crippen LogP contribution in [0.5, 0.6) is 0 Å². The number of morpholine rings is 1. The Morgan fingerprint density at radius 2 is 2.12 bits per heavy atom. The predicted octanol–water partition coefficient (Wildman–Crippen LogP) is 2.68. The van der Waals surface area contributed by atoms with Gasteiger partial charge >= 0.3 is 0 Å². The lowest BCUT2D eigenvalue weighted by atomic mass is 10.0. The van der Waals surface area contributed by atoms with Gasteiger partial charge in [-0.3, -0.25) is 9.59 Å². The molecular formula is C19H22N2O3. The average Bonchev–Trinajstić information content (AvgIpc) is 2.62. The van der Waals surface area contributed by atoms with Crippen LogP contribution >= 0.6 is 0 Å². The Labute approximate surface area is 141 Å². The fourth-order valence-corrected chi connectivity index (χ4v) is 3.10. The van der Waals surface area contributed by atoms with Gasteiger partial charge in [0, 0.05) is 23.9 Å². The second-order valence-corrected chi connectivity index (χ2v) is 6.03. The van der Waals surface area contributed by atoms with Crippen molar-refractivity contribution in [2.24, 2.45) is 0 Å². The molecule has 1 aliphatic rings. The van der Waals surface area contributed by atoms with E-state index in [4.69, 9.17) is 4.74 Å². The van der Waals surface area contributed by atoms with Crippen LogP contribution in [0.2, 0.25) is 0 Å². The SMILES string of the molecule is CCC[C@H]1COCCN1C(=O)c1cccc(-c2cccc(=O)[nH]2)c1. The van der Waals surface area contributed by atoms with E-state index in [0.717, 1.165) is 18.4 Å². The van der Waals surface area contributed by atoms with E-state index in [1.54, 1.807) is 6.07 Å². The molecule has 3 rings (SSSR count). The van der Waals surface area contributed by atoms with Crippen molar-refractivity contribution in [1.29, 1.82) is 0 Å². The summed E-state index contributed by atoms with van der Waals surface area (Å²) in [6.07, 6.45) is 1.96. The highest BCUT2D eigenvalue weighted by molar-refractivity contribution is 5.95. The summed E-state index contributed by atoms with van der Waals surface area (Å²) >= 11 is 0. The van der Waals surface area contributed by atoms with Gasteiger partial charge in [-0.1, -0.05) is 31.5 Å². The molecule has 2 heterocycles. The van der Waals surface area contributed by atoms with E-state index >= 15 is 0 Å². The maximum atomic E-state index is 12.9. The molecule has 2 aromatic rings. The smallest absolute Gasteiger partial charge is 0.254 e. The zero-order valence-corrected chi connectivity index (χ0v) is 13.8. The van der Waals surface area contributed by atoms with E-state index in [2.05, 4.69) is 11.9 Å². The molecule has 1 amide bonds. The van der Waals surface area contributed by atoms with E-state index in [9.17, 15) is 9.59 Å². The topological polar surface area (TPSA) is 62.4 Å². The molecule has 1 saturated heterocycles. The first-order valence-electron chi connectivity index (χ1n) is 8.37. The van der Waals surface area contributed by atoms with Gasteiger partial charge in [-0.15, -0.1) is 0 Å². The van der Waals surface area contributed by atoms with Crippen molar-refractivity contribution < 1.29 is 9.53 Å². The molecule has 1 N–H and O–H groups in total. The van der Waals surface area contributed by atoms with Gasteiger partial charge in [0.25, 0.3) is 5.91 Å². The number of hydrogen-bond acceptors (Lipinski definition) is 3. The van der Waals surface area contributed by atoms with Gasteiger partial charge in [0.2, 0.25) is 5.56 Å². The number of carbonyl (C=O) groups excluding carboxylic acids is 1. The van der Waals surface area contributed by atoms with E-state index in [1.807, 2.05) is 35.2 Å². The molecule has 24 heavy (non-hydrogen) atoms. The van der Waals surface area contributed by atoms with Gasteiger partial charge in [-0.05, 0) is 30.2 Å². The Bertz CT molecular complexity index is 767. The minimum absolute atomic E-state index is 0.0249. The summed E-state index contributed by atoms with van der Waals surface area (Å²) in [5.41, 5.74) is 2.03. The number of carbonyl (C=O) groups is 1. The van der Waals surface area contributed by atoms with Gasteiger partial charge in [-0.25, -0.2) is 0 Å². The Kier molecular flexibility index (Phi) is 5.11. The van der Waals surface area contributed by atoms with Gasteiger partial charge in [0.05, 0.1) is 19.3 Å². The zero-order valence-electron chi connectivity index (χ0n) is 13.8. The average molecular weight is 326 g/mol. The third kappa shape index (κ3) is 3.57. The lowest BCUT2D eigenvalue weighted by Crippen LogP contribution is -2.48. The summed E-state index contributed by atoms with van der Waals surface area (Å²) in [5, 5.41) is 0. The number of rotatable bonds is 4. The molecule has 0 radical (unpaired) electrons. The molecule has 0 saturated carbocycles. The molecule has 0 bridgehead atoms. The summed E-state index contributed by atoms with van der Waals surface area (Å²) in [6.45, 7) is 3.92. The molecule has 0 unspecified atom stereocenters. The Morgan fingerprint density at radius 3 is 2.92 bits per heavy atom. The number of benzene rings is 1. The Balaban J connectivity index is 1.87. The number of aromatic nitrogens is 1. The number of nitrogens with one attached hydrogen (secondary N) is 1.